The highest BCUT2D eigenvalue weighted by Crippen LogP contribution is 2.48. The van der Waals surface area contributed by atoms with E-state index in [1.807, 2.05) is 35.0 Å². The van der Waals surface area contributed by atoms with Crippen LogP contribution in [0.1, 0.15) is 49.2 Å². The summed E-state index contributed by atoms with van der Waals surface area (Å²) in [6, 6.07) is 34.3. The number of aryl methyl sites for hydroxylation is 1. The third-order valence-corrected chi connectivity index (χ3v) is 9.48. The molecule has 0 radical (unpaired) electrons. The van der Waals surface area contributed by atoms with Gasteiger partial charge in [-0.25, -0.2) is 19.1 Å². The number of aliphatic imine (C=N–C) groups is 2. The molecule has 0 unspecified atom stereocenters. The second kappa shape index (κ2) is 11.2. The van der Waals surface area contributed by atoms with E-state index in [2.05, 4.69) is 103 Å². The second-order valence-electron chi connectivity index (χ2n) is 13.5. The molecule has 0 bridgehead atoms. The first-order valence-corrected chi connectivity index (χ1v) is 16.3. The summed E-state index contributed by atoms with van der Waals surface area (Å²) in [5.74, 6) is 2.31. The highest BCUT2D eigenvalue weighted by molar-refractivity contribution is 6.48. The molecular weight excluding hydrogens is 585 g/mol. The Morgan fingerprint density at radius 3 is 2.04 bits per heavy atom. The van der Waals surface area contributed by atoms with Gasteiger partial charge >= 0.3 is 0 Å². The lowest BCUT2D eigenvalue weighted by Crippen LogP contribution is -2.55. The van der Waals surface area contributed by atoms with Crippen LogP contribution in [0.2, 0.25) is 0 Å². The Bertz CT molecular complexity index is 2000. The first-order valence-electron chi connectivity index (χ1n) is 16.3. The molecule has 8 rings (SSSR count). The van der Waals surface area contributed by atoms with Crippen LogP contribution in [0, 0.1) is 12.7 Å². The van der Waals surface area contributed by atoms with E-state index in [1.54, 1.807) is 0 Å². The quantitative estimate of drug-likeness (QED) is 0.204. The fraction of sp³-hybridized carbons (Fsp3) is 0.256. The fourth-order valence-corrected chi connectivity index (χ4v) is 6.97. The van der Waals surface area contributed by atoms with Crippen molar-refractivity contribution in [2.45, 2.75) is 39.2 Å². The summed E-state index contributed by atoms with van der Waals surface area (Å²) in [5, 5.41) is 5.09. The van der Waals surface area contributed by atoms with Gasteiger partial charge in [-0.15, -0.1) is 0 Å². The zero-order valence-corrected chi connectivity index (χ0v) is 27.2. The Kier molecular flexibility index (Phi) is 6.97. The van der Waals surface area contributed by atoms with Crippen molar-refractivity contribution in [3.63, 3.8) is 0 Å². The number of piperazine rings is 1. The summed E-state index contributed by atoms with van der Waals surface area (Å²) in [6.45, 7) is 12.0. The van der Waals surface area contributed by atoms with Gasteiger partial charge in [0, 0.05) is 37.4 Å². The van der Waals surface area contributed by atoms with Crippen LogP contribution in [-0.2, 0) is 5.41 Å². The molecule has 1 aromatic heterocycles. The summed E-state index contributed by atoms with van der Waals surface area (Å²) in [4.78, 5) is 17.8. The zero-order chi connectivity index (χ0) is 32.3. The third kappa shape index (κ3) is 5.08. The monoisotopic (exact) mass is 623 g/mol. The average Bonchev–Trinajstić information content (AvgIpc) is 3.43. The lowest BCUT2D eigenvalue weighted by Gasteiger charge is -2.44. The molecule has 236 valence electrons. The normalized spacial score (nSPS) is 17.5. The van der Waals surface area contributed by atoms with Crippen LogP contribution in [0.4, 0.5) is 27.3 Å². The Balaban J connectivity index is 1.27. The van der Waals surface area contributed by atoms with Crippen molar-refractivity contribution >= 4 is 34.6 Å². The molecule has 5 aromatic rings. The number of aromatic nitrogens is 2. The van der Waals surface area contributed by atoms with E-state index in [-0.39, 0.29) is 17.3 Å². The van der Waals surface area contributed by atoms with E-state index in [9.17, 15) is 4.39 Å². The third-order valence-electron chi connectivity index (χ3n) is 9.48. The number of para-hydroxylation sites is 3. The van der Waals surface area contributed by atoms with Crippen LogP contribution >= 0.6 is 0 Å². The van der Waals surface area contributed by atoms with E-state index in [4.69, 9.17) is 15.1 Å². The molecule has 0 saturated carbocycles. The minimum absolute atomic E-state index is 0.0462. The maximum atomic E-state index is 13.6. The fourth-order valence-electron chi connectivity index (χ4n) is 6.97. The minimum atomic E-state index is -0.218. The topological polar surface area (TPSA) is 52.3 Å². The van der Waals surface area contributed by atoms with Crippen LogP contribution in [0.25, 0.3) is 5.69 Å². The number of fused-ring (bicyclic) bond motifs is 4. The standard InChI is InChI=1S/C39H38FN7/c1-26-34-35(27-14-16-28(17-15-27)39(2,3)4)46-33-13-9-8-12-32(33)41-37(38(46)42-36(34)47(43-26)31-10-6-5-7-11-31)45-24-22-44(23-25-45)30-20-18-29(40)19-21-30/h5-21,35H,22-25H2,1-4H3/t35-/m0/s1. The van der Waals surface area contributed by atoms with Crippen LogP contribution in [0.5, 0.6) is 0 Å². The van der Waals surface area contributed by atoms with Crippen LogP contribution in [-0.4, -0.2) is 52.5 Å². The molecule has 47 heavy (non-hydrogen) atoms. The van der Waals surface area contributed by atoms with Crippen LogP contribution in [0.15, 0.2) is 113 Å². The van der Waals surface area contributed by atoms with Crippen molar-refractivity contribution in [2.75, 3.05) is 36.0 Å². The van der Waals surface area contributed by atoms with Crippen molar-refractivity contribution < 1.29 is 4.39 Å². The smallest absolute Gasteiger partial charge is 0.179 e. The lowest BCUT2D eigenvalue weighted by atomic mass is 9.85. The summed E-state index contributed by atoms with van der Waals surface area (Å²) in [5.41, 5.74) is 8.53. The number of amidine groups is 2. The lowest BCUT2D eigenvalue weighted by molar-refractivity contribution is 0.389. The SMILES string of the molecule is Cc1nn(-c2ccccc2)c2c1[C@H](c1ccc(C(C)(C)C)cc1)N1C(=N2)C(N2CCN(c3ccc(F)cc3)CC2)=Nc2ccccc21. The molecular formula is C39H38FN7. The van der Waals surface area contributed by atoms with Gasteiger partial charge in [0.15, 0.2) is 17.5 Å². The molecule has 7 nitrogen and oxygen atoms in total. The van der Waals surface area contributed by atoms with Crippen LogP contribution < -0.4 is 9.80 Å². The van der Waals surface area contributed by atoms with Gasteiger partial charge in [-0.2, -0.15) is 5.10 Å². The van der Waals surface area contributed by atoms with Gasteiger partial charge in [0.25, 0.3) is 0 Å². The predicted molar refractivity (Wildman–Crippen MR) is 189 cm³/mol. The molecule has 1 fully saturated rings. The number of rotatable bonds is 3. The van der Waals surface area contributed by atoms with E-state index < -0.39 is 0 Å². The summed E-state index contributed by atoms with van der Waals surface area (Å²) < 4.78 is 15.6. The van der Waals surface area contributed by atoms with E-state index >= 15 is 0 Å². The van der Waals surface area contributed by atoms with Crippen molar-refractivity contribution in [2.24, 2.45) is 9.98 Å². The van der Waals surface area contributed by atoms with Crippen molar-refractivity contribution in [3.8, 4) is 5.69 Å². The van der Waals surface area contributed by atoms with E-state index in [1.165, 1.54) is 23.3 Å². The highest BCUT2D eigenvalue weighted by atomic mass is 19.1. The number of nitrogens with zero attached hydrogens (tertiary/aromatic N) is 7. The molecule has 0 amide bonds. The van der Waals surface area contributed by atoms with Crippen molar-refractivity contribution in [1.29, 1.82) is 0 Å². The Morgan fingerprint density at radius 2 is 1.34 bits per heavy atom. The number of hydrogen-bond donors (Lipinski definition) is 0. The second-order valence-corrected chi connectivity index (χ2v) is 13.5. The molecule has 1 atom stereocenters. The molecule has 0 N–H and O–H groups in total. The van der Waals surface area contributed by atoms with Crippen molar-refractivity contribution in [1.82, 2.24) is 14.7 Å². The van der Waals surface area contributed by atoms with E-state index in [0.29, 0.717) is 0 Å². The summed E-state index contributed by atoms with van der Waals surface area (Å²) in [6.07, 6.45) is 0. The number of hydrogen-bond acceptors (Lipinski definition) is 6. The molecule has 0 aliphatic carbocycles. The molecule has 8 heteroatoms. The van der Waals surface area contributed by atoms with Gasteiger partial charge in [0.2, 0.25) is 0 Å². The Morgan fingerprint density at radius 1 is 0.681 bits per heavy atom. The first-order chi connectivity index (χ1) is 22.8. The molecule has 4 heterocycles. The first kappa shape index (κ1) is 29.2. The van der Waals surface area contributed by atoms with Gasteiger partial charge in [-0.05, 0) is 72.0 Å². The largest absolute Gasteiger partial charge is 0.368 e. The number of anilines is 2. The minimum Gasteiger partial charge on any atom is -0.368 e. The Hall–Kier alpha value is -5.24. The molecule has 0 spiro atoms. The van der Waals surface area contributed by atoms with Crippen molar-refractivity contribution in [3.05, 3.63) is 131 Å². The maximum Gasteiger partial charge on any atom is 0.179 e. The molecule has 3 aliphatic rings. The molecule has 1 saturated heterocycles. The summed E-state index contributed by atoms with van der Waals surface area (Å²) in [7, 11) is 0. The number of benzene rings is 4. The average molecular weight is 624 g/mol. The Labute approximate surface area is 275 Å². The van der Waals surface area contributed by atoms with Gasteiger partial charge in [0.05, 0.1) is 28.8 Å². The highest BCUT2D eigenvalue weighted by Gasteiger charge is 2.43. The van der Waals surface area contributed by atoms with Gasteiger partial charge < -0.3 is 14.7 Å². The zero-order valence-electron chi connectivity index (χ0n) is 27.2. The summed E-state index contributed by atoms with van der Waals surface area (Å²) >= 11 is 0. The van der Waals surface area contributed by atoms with Gasteiger partial charge in [0.1, 0.15) is 5.82 Å². The predicted octanol–water partition coefficient (Wildman–Crippen LogP) is 8.12. The van der Waals surface area contributed by atoms with Gasteiger partial charge in [-0.3, -0.25) is 0 Å². The number of halogens is 1. The van der Waals surface area contributed by atoms with Gasteiger partial charge in [-0.1, -0.05) is 75.4 Å². The molecule has 4 aromatic carbocycles. The van der Waals surface area contributed by atoms with Crippen LogP contribution in [0.3, 0.4) is 0 Å². The maximum absolute atomic E-state index is 13.6. The van der Waals surface area contributed by atoms with E-state index in [0.717, 1.165) is 77.7 Å². The molecule has 3 aliphatic heterocycles.